The lowest BCUT2D eigenvalue weighted by atomic mass is 9.63. The molecular formula is C33H36BrFN2O4. The van der Waals surface area contributed by atoms with E-state index in [2.05, 4.69) is 60.8 Å². The summed E-state index contributed by atoms with van der Waals surface area (Å²) in [6.45, 7) is 11.0. The van der Waals surface area contributed by atoms with Crippen LogP contribution in [0.2, 0.25) is 0 Å². The molecule has 1 amide bonds. The van der Waals surface area contributed by atoms with Crippen molar-refractivity contribution in [1.29, 1.82) is 0 Å². The van der Waals surface area contributed by atoms with Crippen LogP contribution in [-0.2, 0) is 14.4 Å². The summed E-state index contributed by atoms with van der Waals surface area (Å²) < 4.78 is 20.3. The van der Waals surface area contributed by atoms with Gasteiger partial charge in [0.2, 0.25) is 0 Å². The van der Waals surface area contributed by atoms with Crippen LogP contribution < -0.4 is 10.1 Å². The maximum atomic E-state index is 13.9. The Bertz CT molecular complexity index is 1450. The van der Waals surface area contributed by atoms with Crippen molar-refractivity contribution < 1.29 is 23.5 Å². The van der Waals surface area contributed by atoms with Crippen molar-refractivity contribution in [1.82, 2.24) is 4.90 Å². The number of anilines is 1. The maximum Gasteiger partial charge on any atom is 0.262 e. The Morgan fingerprint density at radius 2 is 1.56 bits per heavy atom. The summed E-state index contributed by atoms with van der Waals surface area (Å²) >= 11 is 3.58. The number of para-hydroxylation sites is 1. The van der Waals surface area contributed by atoms with E-state index in [4.69, 9.17) is 4.74 Å². The Morgan fingerprint density at radius 1 is 0.976 bits per heavy atom. The summed E-state index contributed by atoms with van der Waals surface area (Å²) in [7, 11) is 0. The number of hydrogen-bond acceptors (Lipinski definition) is 5. The van der Waals surface area contributed by atoms with Crippen molar-refractivity contribution in [2.45, 2.75) is 66.2 Å². The van der Waals surface area contributed by atoms with Crippen LogP contribution in [-0.4, -0.2) is 35.5 Å². The van der Waals surface area contributed by atoms with Crippen LogP contribution in [0.3, 0.4) is 0 Å². The summed E-state index contributed by atoms with van der Waals surface area (Å²) in [5.41, 5.74) is 4.10. The van der Waals surface area contributed by atoms with Crippen LogP contribution in [0.5, 0.6) is 5.75 Å². The van der Waals surface area contributed by atoms with E-state index in [0.717, 1.165) is 40.9 Å². The fourth-order valence-corrected chi connectivity index (χ4v) is 6.98. The van der Waals surface area contributed by atoms with Crippen LogP contribution in [0.4, 0.5) is 10.1 Å². The lowest BCUT2D eigenvalue weighted by molar-refractivity contribution is -0.120. The quantitative estimate of drug-likeness (QED) is 0.365. The fourth-order valence-electron chi connectivity index (χ4n) is 6.47. The number of nitrogens with zero attached hydrogens (tertiary/aromatic N) is 1. The number of benzene rings is 2. The van der Waals surface area contributed by atoms with E-state index in [9.17, 15) is 18.8 Å². The number of carbonyl (C=O) groups is 3. The summed E-state index contributed by atoms with van der Waals surface area (Å²) in [6, 6.07) is 11.4. The van der Waals surface area contributed by atoms with Crippen molar-refractivity contribution in [2.24, 2.45) is 10.8 Å². The molecule has 0 saturated carbocycles. The smallest absolute Gasteiger partial charge is 0.262 e. The maximum absolute atomic E-state index is 13.9. The molecule has 41 heavy (non-hydrogen) atoms. The molecule has 216 valence electrons. The normalized spacial score (nSPS) is 20.1. The lowest BCUT2D eigenvalue weighted by Crippen LogP contribution is -2.44. The van der Waals surface area contributed by atoms with Crippen LogP contribution in [0.15, 0.2) is 69.5 Å². The van der Waals surface area contributed by atoms with Crippen LogP contribution >= 0.6 is 15.9 Å². The van der Waals surface area contributed by atoms with Gasteiger partial charge >= 0.3 is 0 Å². The van der Waals surface area contributed by atoms with E-state index in [1.54, 1.807) is 18.2 Å². The summed E-state index contributed by atoms with van der Waals surface area (Å²) in [6.07, 6.45) is 2.40. The number of nitrogens with one attached hydrogen (secondary N) is 1. The molecule has 5 rings (SSSR count). The molecule has 1 aliphatic heterocycles. The van der Waals surface area contributed by atoms with Crippen molar-refractivity contribution in [3.05, 3.63) is 80.9 Å². The molecule has 0 atom stereocenters. The molecule has 0 radical (unpaired) electrons. The zero-order valence-electron chi connectivity index (χ0n) is 24.2. The third-order valence-electron chi connectivity index (χ3n) is 8.13. The minimum atomic E-state index is -0.524. The first-order chi connectivity index (χ1) is 19.3. The highest BCUT2D eigenvalue weighted by Crippen LogP contribution is 2.54. The van der Waals surface area contributed by atoms with Gasteiger partial charge in [-0.1, -0.05) is 45.9 Å². The standard InChI is InChI=1S/C33H36BrFN2O4/c1-6-37-23-14-32(2,3)16-25(38)30(23)29(31-24(37)15-33(4,5)17-26(31)39)19-11-12-27(20(34)13-19)41-18-28(40)36-22-10-8-7-9-21(22)35/h7-13,29H,6,14-18H2,1-5H3,(H,36,40). The molecule has 0 bridgehead atoms. The summed E-state index contributed by atoms with van der Waals surface area (Å²) in [4.78, 5) is 42.2. The van der Waals surface area contributed by atoms with Gasteiger partial charge in [0.05, 0.1) is 10.2 Å². The van der Waals surface area contributed by atoms with Gasteiger partial charge in [0.25, 0.3) is 5.91 Å². The highest BCUT2D eigenvalue weighted by molar-refractivity contribution is 9.10. The highest BCUT2D eigenvalue weighted by atomic mass is 79.9. The zero-order valence-corrected chi connectivity index (χ0v) is 25.8. The molecule has 0 spiro atoms. The molecule has 3 aliphatic rings. The Balaban J connectivity index is 1.49. The average Bonchev–Trinajstić information content (AvgIpc) is 2.87. The molecule has 8 heteroatoms. The molecule has 6 nitrogen and oxygen atoms in total. The number of Topliss-reactive ketones (excluding diaryl/α,β-unsaturated/α-hetero) is 2. The van der Waals surface area contributed by atoms with Gasteiger partial charge in [0, 0.05) is 47.8 Å². The Morgan fingerprint density at radius 3 is 2.10 bits per heavy atom. The number of allylic oxidation sites excluding steroid dienone is 4. The van der Waals surface area contributed by atoms with E-state index < -0.39 is 17.6 Å². The van der Waals surface area contributed by atoms with Gasteiger partial charge in [-0.3, -0.25) is 14.4 Å². The number of rotatable bonds is 6. The average molecular weight is 624 g/mol. The predicted molar refractivity (Wildman–Crippen MR) is 160 cm³/mol. The minimum absolute atomic E-state index is 0.0859. The van der Waals surface area contributed by atoms with Gasteiger partial charge in [-0.25, -0.2) is 4.39 Å². The van der Waals surface area contributed by atoms with Gasteiger partial charge in [0.1, 0.15) is 11.6 Å². The third-order valence-corrected chi connectivity index (χ3v) is 8.75. The van der Waals surface area contributed by atoms with Crippen molar-refractivity contribution in [2.75, 3.05) is 18.5 Å². The van der Waals surface area contributed by atoms with Crippen molar-refractivity contribution >= 4 is 39.1 Å². The molecule has 1 N–H and O–H groups in total. The molecule has 0 fully saturated rings. The lowest BCUT2D eigenvalue weighted by Gasteiger charge is -2.48. The number of ether oxygens (including phenoxy) is 1. The van der Waals surface area contributed by atoms with Gasteiger partial charge in [0.15, 0.2) is 18.2 Å². The predicted octanol–water partition coefficient (Wildman–Crippen LogP) is 7.31. The highest BCUT2D eigenvalue weighted by Gasteiger charge is 2.48. The Hall–Kier alpha value is -3.26. The van der Waals surface area contributed by atoms with E-state index in [1.807, 2.05) is 12.1 Å². The first kappa shape index (κ1) is 29.2. The van der Waals surface area contributed by atoms with E-state index in [0.29, 0.717) is 29.6 Å². The molecule has 1 heterocycles. The molecule has 0 saturated heterocycles. The third kappa shape index (κ3) is 5.76. The van der Waals surface area contributed by atoms with Gasteiger partial charge in [-0.05, 0) is 76.4 Å². The van der Waals surface area contributed by atoms with Gasteiger partial charge in [-0.2, -0.15) is 0 Å². The second kappa shape index (κ2) is 10.9. The second-order valence-electron chi connectivity index (χ2n) is 12.8. The fraction of sp³-hybridized carbons (Fsp3) is 0.424. The monoisotopic (exact) mass is 622 g/mol. The molecule has 2 aliphatic carbocycles. The molecule has 2 aromatic carbocycles. The van der Waals surface area contributed by atoms with Crippen molar-refractivity contribution in [3.8, 4) is 5.75 Å². The SMILES string of the molecule is CCN1C2=C(C(=O)CC(C)(C)C2)C(c2ccc(OCC(=O)Nc3ccccc3F)c(Br)c2)C2=C1CC(C)(C)CC2=O. The number of hydrogen-bond donors (Lipinski definition) is 1. The second-order valence-corrected chi connectivity index (χ2v) is 13.6. The molecule has 2 aromatic rings. The van der Waals surface area contributed by atoms with Crippen molar-refractivity contribution in [3.63, 3.8) is 0 Å². The molecule has 0 unspecified atom stereocenters. The molecular weight excluding hydrogens is 587 g/mol. The molecule has 0 aromatic heterocycles. The summed E-state index contributed by atoms with van der Waals surface area (Å²) in [5, 5.41) is 2.51. The Kier molecular flexibility index (Phi) is 7.74. The largest absolute Gasteiger partial charge is 0.483 e. The topological polar surface area (TPSA) is 75.7 Å². The number of halogens is 2. The Labute approximate surface area is 249 Å². The number of carbonyl (C=O) groups excluding carboxylic acids is 3. The van der Waals surface area contributed by atoms with Crippen LogP contribution in [0.25, 0.3) is 0 Å². The summed E-state index contributed by atoms with van der Waals surface area (Å²) in [5.74, 6) is -0.864. The number of amides is 1. The zero-order chi connectivity index (χ0) is 29.7. The van der Waals surface area contributed by atoms with Gasteiger partial charge in [-0.15, -0.1) is 0 Å². The first-order valence-corrected chi connectivity index (χ1v) is 14.9. The van der Waals surface area contributed by atoms with E-state index in [-0.39, 0.29) is 34.7 Å². The minimum Gasteiger partial charge on any atom is -0.483 e. The van der Waals surface area contributed by atoms with E-state index in [1.165, 1.54) is 12.1 Å². The van der Waals surface area contributed by atoms with E-state index >= 15 is 0 Å². The van der Waals surface area contributed by atoms with Gasteiger partial charge < -0.3 is 15.0 Å². The first-order valence-electron chi connectivity index (χ1n) is 14.1. The number of ketones is 2. The van der Waals surface area contributed by atoms with Crippen LogP contribution in [0.1, 0.15) is 71.8 Å². The van der Waals surface area contributed by atoms with Crippen LogP contribution in [0, 0.1) is 16.6 Å².